The van der Waals surface area contributed by atoms with Crippen LogP contribution in [0.15, 0.2) is 30.3 Å². The zero-order valence-corrected chi connectivity index (χ0v) is 14.8. The van der Waals surface area contributed by atoms with Gasteiger partial charge in [0.05, 0.1) is 0 Å². The molecular weight excluding hydrogens is 300 g/mol. The van der Waals surface area contributed by atoms with Gasteiger partial charge in [0.25, 0.3) is 0 Å². The van der Waals surface area contributed by atoms with Crippen LogP contribution in [0.4, 0.5) is 0 Å². The van der Waals surface area contributed by atoms with Crippen LogP contribution in [-0.2, 0) is 9.59 Å². The third kappa shape index (κ3) is 3.97. The van der Waals surface area contributed by atoms with E-state index < -0.39 is 0 Å². The van der Waals surface area contributed by atoms with E-state index in [-0.39, 0.29) is 17.4 Å². The van der Waals surface area contributed by atoms with Gasteiger partial charge in [-0.1, -0.05) is 30.3 Å². The highest BCUT2D eigenvalue weighted by atomic mass is 16.2. The summed E-state index contributed by atoms with van der Waals surface area (Å²) in [4.78, 5) is 25.8. The number of amides is 2. The maximum Gasteiger partial charge on any atom is 0.222 e. The fraction of sp³-hybridized carbons (Fsp3) is 0.600. The second-order valence-electron chi connectivity index (χ2n) is 7.77. The van der Waals surface area contributed by atoms with Crippen molar-refractivity contribution in [2.45, 2.75) is 57.4 Å². The maximum atomic E-state index is 12.5. The molecule has 2 aliphatic rings. The van der Waals surface area contributed by atoms with Gasteiger partial charge >= 0.3 is 0 Å². The topological polar surface area (TPSA) is 49.4 Å². The van der Waals surface area contributed by atoms with E-state index in [4.69, 9.17) is 0 Å². The fourth-order valence-corrected chi connectivity index (χ4v) is 4.08. The summed E-state index contributed by atoms with van der Waals surface area (Å²) < 4.78 is 0. The van der Waals surface area contributed by atoms with E-state index in [0.29, 0.717) is 18.3 Å². The number of rotatable bonds is 4. The van der Waals surface area contributed by atoms with Gasteiger partial charge in [0.1, 0.15) is 0 Å². The molecule has 1 aromatic carbocycles. The molecule has 0 atom stereocenters. The first-order valence-corrected chi connectivity index (χ1v) is 9.07. The van der Waals surface area contributed by atoms with Crippen LogP contribution in [0.25, 0.3) is 0 Å². The molecule has 4 heteroatoms. The van der Waals surface area contributed by atoms with Crippen LogP contribution in [0.3, 0.4) is 0 Å². The van der Waals surface area contributed by atoms with Crippen LogP contribution in [0.1, 0.15) is 57.4 Å². The van der Waals surface area contributed by atoms with Crippen molar-refractivity contribution in [2.75, 3.05) is 13.1 Å². The molecule has 1 aliphatic carbocycles. The van der Waals surface area contributed by atoms with E-state index >= 15 is 0 Å². The highest BCUT2D eigenvalue weighted by Crippen LogP contribution is 2.43. The molecule has 0 spiro atoms. The van der Waals surface area contributed by atoms with E-state index in [1.54, 1.807) is 6.92 Å². The lowest BCUT2D eigenvalue weighted by molar-refractivity contribution is -0.134. The largest absolute Gasteiger partial charge is 0.351 e. The Bertz CT molecular complexity index is 585. The molecule has 0 unspecified atom stereocenters. The number of nitrogens with zero attached hydrogens (tertiary/aromatic N) is 1. The predicted molar refractivity (Wildman–Crippen MR) is 94.6 cm³/mol. The average molecular weight is 328 g/mol. The Morgan fingerprint density at radius 3 is 2.38 bits per heavy atom. The highest BCUT2D eigenvalue weighted by molar-refractivity contribution is 5.77. The van der Waals surface area contributed by atoms with Crippen molar-refractivity contribution in [3.63, 3.8) is 0 Å². The Hall–Kier alpha value is -1.84. The lowest BCUT2D eigenvalue weighted by Crippen LogP contribution is -2.54. The molecule has 1 N–H and O–H groups in total. The predicted octanol–water partition coefficient (Wildman–Crippen LogP) is 3.09. The van der Waals surface area contributed by atoms with Crippen molar-refractivity contribution in [2.24, 2.45) is 5.92 Å². The first-order valence-electron chi connectivity index (χ1n) is 9.07. The normalized spacial score (nSPS) is 25.7. The minimum atomic E-state index is -0.155. The van der Waals surface area contributed by atoms with Crippen LogP contribution in [-0.4, -0.2) is 35.3 Å². The second kappa shape index (κ2) is 6.96. The van der Waals surface area contributed by atoms with E-state index in [1.807, 2.05) is 11.0 Å². The zero-order chi connectivity index (χ0) is 17.2. The molecule has 0 bridgehead atoms. The lowest BCUT2D eigenvalue weighted by Gasteiger charge is -2.41. The molecule has 0 radical (unpaired) electrons. The van der Waals surface area contributed by atoms with Gasteiger partial charge in [-0.25, -0.2) is 0 Å². The van der Waals surface area contributed by atoms with Crippen molar-refractivity contribution >= 4 is 11.8 Å². The van der Waals surface area contributed by atoms with Crippen molar-refractivity contribution < 1.29 is 9.59 Å². The van der Waals surface area contributed by atoms with Gasteiger partial charge in [0.15, 0.2) is 0 Å². The number of hydrogen-bond donors (Lipinski definition) is 1. The third-order valence-electron chi connectivity index (χ3n) is 5.67. The molecular formula is C20H28N2O2. The first-order chi connectivity index (χ1) is 11.5. The van der Waals surface area contributed by atoms with Crippen molar-refractivity contribution in [3.05, 3.63) is 35.9 Å². The zero-order valence-electron chi connectivity index (χ0n) is 14.8. The summed E-state index contributed by atoms with van der Waals surface area (Å²) in [6.45, 7) is 5.14. The summed E-state index contributed by atoms with van der Waals surface area (Å²) >= 11 is 0. The van der Waals surface area contributed by atoms with E-state index in [0.717, 1.165) is 38.8 Å². The molecule has 1 heterocycles. The monoisotopic (exact) mass is 328 g/mol. The number of carbonyl (C=O) groups excluding carboxylic acids is 2. The van der Waals surface area contributed by atoms with Crippen molar-refractivity contribution in [1.82, 2.24) is 10.2 Å². The van der Waals surface area contributed by atoms with E-state index in [9.17, 15) is 9.59 Å². The lowest BCUT2D eigenvalue weighted by atomic mass is 9.70. The summed E-state index contributed by atoms with van der Waals surface area (Å²) in [5.41, 5.74) is 1.25. The molecule has 0 aromatic heterocycles. The fourth-order valence-electron chi connectivity index (χ4n) is 4.08. The molecule has 1 saturated heterocycles. The van der Waals surface area contributed by atoms with Crippen LogP contribution < -0.4 is 5.32 Å². The molecule has 3 rings (SSSR count). The maximum absolute atomic E-state index is 12.5. The van der Waals surface area contributed by atoms with Crippen LogP contribution >= 0.6 is 0 Å². The van der Waals surface area contributed by atoms with Crippen LogP contribution in [0.2, 0.25) is 0 Å². The molecule has 1 aromatic rings. The summed E-state index contributed by atoms with van der Waals surface area (Å²) in [5.74, 6) is 1.47. The smallest absolute Gasteiger partial charge is 0.222 e. The Morgan fingerprint density at radius 2 is 1.79 bits per heavy atom. The van der Waals surface area contributed by atoms with E-state index in [2.05, 4.69) is 36.5 Å². The molecule has 24 heavy (non-hydrogen) atoms. The Balaban J connectivity index is 1.42. The number of nitrogens with one attached hydrogen (secondary N) is 1. The van der Waals surface area contributed by atoms with Crippen LogP contribution in [0.5, 0.6) is 0 Å². The van der Waals surface area contributed by atoms with E-state index in [1.165, 1.54) is 5.56 Å². The van der Waals surface area contributed by atoms with Gasteiger partial charge in [-0.05, 0) is 50.0 Å². The average Bonchev–Trinajstić information content (AvgIpc) is 2.50. The SMILES string of the molecule is CC(=O)NC1(C)CCN(C(=O)CC2CC(c3ccccc3)C2)CC1. The quantitative estimate of drug-likeness (QED) is 0.923. The third-order valence-corrected chi connectivity index (χ3v) is 5.67. The summed E-state index contributed by atoms with van der Waals surface area (Å²) in [6.07, 6.45) is 4.63. The Morgan fingerprint density at radius 1 is 1.17 bits per heavy atom. The number of piperidine rings is 1. The standard InChI is InChI=1S/C20H28N2O2/c1-15(23)21-20(2)8-10-22(11-9-20)19(24)14-16-12-18(13-16)17-6-4-3-5-7-17/h3-7,16,18H,8-14H2,1-2H3,(H,21,23). The molecule has 1 saturated carbocycles. The number of benzene rings is 1. The number of likely N-dealkylation sites (tertiary alicyclic amines) is 1. The van der Waals surface area contributed by atoms with Gasteiger partial charge in [0.2, 0.25) is 11.8 Å². The Kier molecular flexibility index (Phi) is 4.93. The highest BCUT2D eigenvalue weighted by Gasteiger charge is 2.35. The minimum absolute atomic E-state index is 0.0127. The summed E-state index contributed by atoms with van der Waals surface area (Å²) in [6, 6.07) is 10.6. The molecule has 2 amide bonds. The summed E-state index contributed by atoms with van der Waals surface area (Å²) in [5, 5.41) is 3.03. The van der Waals surface area contributed by atoms with Gasteiger partial charge in [0, 0.05) is 32.0 Å². The van der Waals surface area contributed by atoms with Crippen LogP contribution in [0, 0.1) is 5.92 Å². The van der Waals surface area contributed by atoms with Gasteiger partial charge in [-0.15, -0.1) is 0 Å². The number of carbonyl (C=O) groups is 2. The molecule has 130 valence electrons. The second-order valence-corrected chi connectivity index (χ2v) is 7.77. The first kappa shape index (κ1) is 17.0. The van der Waals surface area contributed by atoms with Gasteiger partial charge < -0.3 is 10.2 Å². The minimum Gasteiger partial charge on any atom is -0.351 e. The van der Waals surface area contributed by atoms with Crippen molar-refractivity contribution in [3.8, 4) is 0 Å². The molecule has 1 aliphatic heterocycles. The Labute approximate surface area is 144 Å². The van der Waals surface area contributed by atoms with Gasteiger partial charge in [-0.2, -0.15) is 0 Å². The molecule has 4 nitrogen and oxygen atoms in total. The summed E-state index contributed by atoms with van der Waals surface area (Å²) in [7, 11) is 0. The number of hydrogen-bond acceptors (Lipinski definition) is 2. The van der Waals surface area contributed by atoms with Gasteiger partial charge in [-0.3, -0.25) is 9.59 Å². The molecule has 2 fully saturated rings. The van der Waals surface area contributed by atoms with Crippen molar-refractivity contribution in [1.29, 1.82) is 0 Å².